The van der Waals surface area contributed by atoms with Gasteiger partial charge in [0.05, 0.1) is 0 Å². The summed E-state index contributed by atoms with van der Waals surface area (Å²) in [5.41, 5.74) is 12.6. The van der Waals surface area contributed by atoms with Crippen molar-refractivity contribution in [2.45, 2.75) is 12.1 Å². The Hall–Kier alpha value is -2.34. The number of aliphatic imine (C=N–C) groups is 4. The molecule has 0 aliphatic carbocycles. The van der Waals surface area contributed by atoms with Gasteiger partial charge in [0.2, 0.25) is 5.96 Å². The van der Waals surface area contributed by atoms with E-state index >= 15 is 0 Å². The maximum Gasteiger partial charge on any atom is 0.219 e. The number of fused-ring (bicyclic) bond motifs is 1. The average Bonchev–Trinajstić information content (AvgIpc) is 2.78. The topological polar surface area (TPSA) is 101 Å². The van der Waals surface area contributed by atoms with Gasteiger partial charge in [0.15, 0.2) is 11.5 Å². The quantitative estimate of drug-likeness (QED) is 0.765. The molecule has 0 spiro atoms. The van der Waals surface area contributed by atoms with Crippen LogP contribution in [0, 0.1) is 0 Å². The zero-order valence-electron chi connectivity index (χ0n) is 9.61. The van der Waals surface area contributed by atoms with Crippen LogP contribution in [0.5, 0.6) is 0 Å². The Morgan fingerprint density at radius 1 is 1.17 bits per heavy atom. The summed E-state index contributed by atoms with van der Waals surface area (Å²) in [5, 5.41) is 0. The Kier molecular flexibility index (Phi) is 2.31. The lowest BCUT2D eigenvalue weighted by atomic mass is 9.94. The molecule has 1 atom stereocenters. The van der Waals surface area contributed by atoms with Gasteiger partial charge < -0.3 is 11.5 Å². The minimum absolute atomic E-state index is 0.140. The minimum atomic E-state index is -0.987. The predicted molar refractivity (Wildman–Crippen MR) is 72.0 cm³/mol. The van der Waals surface area contributed by atoms with Crippen LogP contribution < -0.4 is 11.5 Å². The highest BCUT2D eigenvalue weighted by atomic mass is 15.2. The van der Waals surface area contributed by atoms with E-state index in [1.165, 1.54) is 6.34 Å². The lowest BCUT2D eigenvalue weighted by Crippen LogP contribution is -2.53. The summed E-state index contributed by atoms with van der Waals surface area (Å²) in [5.74, 6) is 0.599. The first-order valence-electron chi connectivity index (χ1n) is 5.55. The van der Waals surface area contributed by atoms with Crippen LogP contribution in [-0.2, 0) is 6.42 Å². The first-order valence-corrected chi connectivity index (χ1v) is 5.55. The largest absolute Gasteiger partial charge is 0.368 e. The first kappa shape index (κ1) is 10.8. The van der Waals surface area contributed by atoms with Crippen LogP contribution in [0.4, 0.5) is 0 Å². The lowest BCUT2D eigenvalue weighted by Gasteiger charge is -2.27. The van der Waals surface area contributed by atoms with Gasteiger partial charge in [-0.15, -0.1) is 0 Å². The summed E-state index contributed by atoms with van der Waals surface area (Å²) in [6.45, 7) is 0. The summed E-state index contributed by atoms with van der Waals surface area (Å²) in [7, 11) is 0. The van der Waals surface area contributed by atoms with Crippen LogP contribution in [-0.4, -0.2) is 29.5 Å². The van der Waals surface area contributed by atoms with E-state index in [0.717, 1.165) is 5.56 Å². The second-order valence-electron chi connectivity index (χ2n) is 4.21. The van der Waals surface area contributed by atoms with Crippen molar-refractivity contribution in [3.05, 3.63) is 35.9 Å². The van der Waals surface area contributed by atoms with Crippen molar-refractivity contribution in [1.82, 2.24) is 0 Å². The monoisotopic (exact) mass is 240 g/mol. The molecule has 18 heavy (non-hydrogen) atoms. The maximum absolute atomic E-state index is 6.31. The van der Waals surface area contributed by atoms with Crippen LogP contribution >= 0.6 is 0 Å². The van der Waals surface area contributed by atoms with E-state index in [0.29, 0.717) is 18.0 Å². The van der Waals surface area contributed by atoms with E-state index in [1.807, 2.05) is 30.3 Å². The highest BCUT2D eigenvalue weighted by molar-refractivity contribution is 6.51. The molecule has 0 saturated heterocycles. The van der Waals surface area contributed by atoms with Gasteiger partial charge in [-0.05, 0) is 5.56 Å². The fraction of sp³-hybridized carbons (Fsp3) is 0.167. The van der Waals surface area contributed by atoms with Gasteiger partial charge in [-0.1, -0.05) is 30.3 Å². The number of nitrogens with two attached hydrogens (primary N) is 2. The zero-order chi connectivity index (χ0) is 12.6. The average molecular weight is 240 g/mol. The lowest BCUT2D eigenvalue weighted by molar-refractivity contribution is 0.593. The predicted octanol–water partition coefficient (Wildman–Crippen LogP) is 0.0938. The van der Waals surface area contributed by atoms with Gasteiger partial charge in [-0.2, -0.15) is 4.99 Å². The Morgan fingerprint density at radius 3 is 2.72 bits per heavy atom. The zero-order valence-corrected chi connectivity index (χ0v) is 9.61. The standard InChI is InChI=1S/C12H12N6/c13-11-17-10-9(15-7-16-10)12(14,18-11)6-8-4-2-1-3-5-8/h1-5,7H,6,14H2,(H2,13,18). The van der Waals surface area contributed by atoms with Gasteiger partial charge in [-0.3, -0.25) is 0 Å². The van der Waals surface area contributed by atoms with Crippen LogP contribution in [0.2, 0.25) is 0 Å². The molecular formula is C12H12N6. The normalized spacial score (nSPS) is 25.3. The van der Waals surface area contributed by atoms with Crippen molar-refractivity contribution in [3.8, 4) is 0 Å². The number of hydrogen-bond donors (Lipinski definition) is 2. The first-order chi connectivity index (χ1) is 8.67. The Morgan fingerprint density at radius 2 is 1.94 bits per heavy atom. The molecule has 2 aliphatic heterocycles. The van der Waals surface area contributed by atoms with Crippen molar-refractivity contribution in [3.63, 3.8) is 0 Å². The van der Waals surface area contributed by atoms with Gasteiger partial charge in [0, 0.05) is 6.42 Å². The van der Waals surface area contributed by atoms with Crippen LogP contribution in [0.15, 0.2) is 50.3 Å². The third-order valence-electron chi connectivity index (χ3n) is 2.84. The second kappa shape index (κ2) is 3.85. The molecule has 1 unspecified atom stereocenters. The minimum Gasteiger partial charge on any atom is -0.368 e. The third-order valence-corrected chi connectivity index (χ3v) is 2.84. The smallest absolute Gasteiger partial charge is 0.219 e. The Bertz CT molecular complexity index is 598. The van der Waals surface area contributed by atoms with Gasteiger partial charge in [0.1, 0.15) is 12.1 Å². The molecule has 90 valence electrons. The van der Waals surface area contributed by atoms with Crippen molar-refractivity contribution in [1.29, 1.82) is 0 Å². The van der Waals surface area contributed by atoms with Crippen LogP contribution in [0.25, 0.3) is 0 Å². The fourth-order valence-corrected chi connectivity index (χ4v) is 2.07. The number of guanidine groups is 1. The maximum atomic E-state index is 6.31. The highest BCUT2D eigenvalue weighted by Gasteiger charge is 2.39. The molecule has 4 N–H and O–H groups in total. The molecule has 1 aromatic rings. The second-order valence-corrected chi connectivity index (χ2v) is 4.21. The molecule has 0 amide bonds. The molecule has 6 heteroatoms. The molecule has 0 radical (unpaired) electrons. The molecular weight excluding hydrogens is 228 g/mol. The molecule has 2 heterocycles. The molecule has 2 aliphatic rings. The molecule has 6 nitrogen and oxygen atoms in total. The molecule has 0 bridgehead atoms. The molecule has 0 fully saturated rings. The van der Waals surface area contributed by atoms with Crippen molar-refractivity contribution in [2.24, 2.45) is 31.4 Å². The van der Waals surface area contributed by atoms with E-state index in [2.05, 4.69) is 20.0 Å². The third kappa shape index (κ3) is 1.72. The molecule has 0 saturated carbocycles. The summed E-state index contributed by atoms with van der Waals surface area (Å²) in [4.78, 5) is 16.4. The van der Waals surface area contributed by atoms with Gasteiger partial charge >= 0.3 is 0 Å². The van der Waals surface area contributed by atoms with E-state index in [4.69, 9.17) is 11.5 Å². The van der Waals surface area contributed by atoms with Gasteiger partial charge in [-0.25, -0.2) is 15.0 Å². The van der Waals surface area contributed by atoms with Crippen LogP contribution in [0.1, 0.15) is 5.56 Å². The van der Waals surface area contributed by atoms with E-state index < -0.39 is 5.66 Å². The van der Waals surface area contributed by atoms with E-state index in [1.54, 1.807) is 0 Å². The molecule has 1 aromatic carbocycles. The summed E-state index contributed by atoms with van der Waals surface area (Å²) in [6.07, 6.45) is 1.94. The number of rotatable bonds is 2. The van der Waals surface area contributed by atoms with Crippen molar-refractivity contribution < 1.29 is 0 Å². The number of benzene rings is 1. The van der Waals surface area contributed by atoms with Gasteiger partial charge in [0.25, 0.3) is 0 Å². The highest BCUT2D eigenvalue weighted by Crippen LogP contribution is 2.20. The van der Waals surface area contributed by atoms with Crippen molar-refractivity contribution in [2.75, 3.05) is 0 Å². The van der Waals surface area contributed by atoms with Crippen molar-refractivity contribution >= 4 is 23.8 Å². The number of amidine groups is 1. The summed E-state index contributed by atoms with van der Waals surface area (Å²) >= 11 is 0. The Labute approximate surface area is 104 Å². The van der Waals surface area contributed by atoms with E-state index in [-0.39, 0.29) is 5.96 Å². The SMILES string of the molecule is NC1=NC(N)(Cc2ccccc2)C2=NC=NC2=N1. The number of nitrogens with zero attached hydrogens (tertiary/aromatic N) is 4. The summed E-state index contributed by atoms with van der Waals surface area (Å²) in [6, 6.07) is 9.84. The fourth-order valence-electron chi connectivity index (χ4n) is 2.07. The van der Waals surface area contributed by atoms with Crippen LogP contribution in [0.3, 0.4) is 0 Å². The van der Waals surface area contributed by atoms with E-state index in [9.17, 15) is 0 Å². The molecule has 3 rings (SSSR count). The number of hydrogen-bond acceptors (Lipinski definition) is 6. The molecule has 0 aromatic heterocycles. The summed E-state index contributed by atoms with van der Waals surface area (Å²) < 4.78 is 0. The Balaban J connectivity index is 1.98.